The number of carbonyl (C=O) groups excluding carboxylic acids is 1. The molecule has 1 amide bonds. The monoisotopic (exact) mass is 370 g/mol. The number of benzene rings is 1. The number of piperidine rings is 1. The molecule has 1 aliphatic heterocycles. The number of ether oxygens (including phenoxy) is 1. The van der Waals surface area contributed by atoms with Crippen molar-refractivity contribution < 1.29 is 9.53 Å². The average molecular weight is 370 g/mol. The summed E-state index contributed by atoms with van der Waals surface area (Å²) in [6.07, 6.45) is 2.13. The van der Waals surface area contributed by atoms with E-state index in [-0.39, 0.29) is 11.8 Å². The highest BCUT2D eigenvalue weighted by Gasteiger charge is 2.28. The summed E-state index contributed by atoms with van der Waals surface area (Å²) in [7, 11) is 0. The molecule has 0 radical (unpaired) electrons. The van der Waals surface area contributed by atoms with Crippen LogP contribution in [0.2, 0.25) is 0 Å². The number of aryl methyl sites for hydroxylation is 3. The Morgan fingerprint density at radius 2 is 2.07 bits per heavy atom. The van der Waals surface area contributed by atoms with Gasteiger partial charge in [-0.15, -0.1) is 0 Å². The standard InChI is InChI=1S/C21H30N4O2/c1-15-8-5-6-10-20(15)27-14-19-9-7-11-24(13-19)21(26)16(2)12-25-18(4)22-17(3)23-25/h5-6,8,10,16,19H,7,9,11-14H2,1-4H3/t16-,19+/m1/s1. The molecule has 1 aliphatic rings. The molecule has 0 spiro atoms. The highest BCUT2D eigenvalue weighted by molar-refractivity contribution is 5.78. The Morgan fingerprint density at radius 3 is 2.78 bits per heavy atom. The number of hydrogen-bond acceptors (Lipinski definition) is 4. The molecule has 1 aromatic carbocycles. The zero-order valence-electron chi connectivity index (χ0n) is 16.8. The van der Waals surface area contributed by atoms with Crippen LogP contribution >= 0.6 is 0 Å². The lowest BCUT2D eigenvalue weighted by Crippen LogP contribution is -2.44. The lowest BCUT2D eigenvalue weighted by Gasteiger charge is -2.34. The van der Waals surface area contributed by atoms with Gasteiger partial charge in [-0.25, -0.2) is 9.67 Å². The molecule has 1 fully saturated rings. The Morgan fingerprint density at radius 1 is 1.30 bits per heavy atom. The van der Waals surface area contributed by atoms with Crippen LogP contribution in [0.4, 0.5) is 0 Å². The molecule has 2 atom stereocenters. The number of aromatic nitrogens is 3. The molecule has 0 saturated carbocycles. The second-order valence-electron chi connectivity index (χ2n) is 7.66. The van der Waals surface area contributed by atoms with Crippen molar-refractivity contribution in [1.82, 2.24) is 19.7 Å². The number of rotatable bonds is 6. The topological polar surface area (TPSA) is 60.2 Å². The third kappa shape index (κ3) is 4.87. The lowest BCUT2D eigenvalue weighted by atomic mass is 9.97. The van der Waals surface area contributed by atoms with E-state index in [4.69, 9.17) is 4.74 Å². The first-order valence-corrected chi connectivity index (χ1v) is 9.79. The van der Waals surface area contributed by atoms with E-state index in [1.165, 1.54) is 0 Å². The van der Waals surface area contributed by atoms with Crippen molar-refractivity contribution in [1.29, 1.82) is 0 Å². The predicted octanol–water partition coefficient (Wildman–Crippen LogP) is 3.16. The molecule has 0 N–H and O–H groups in total. The van der Waals surface area contributed by atoms with E-state index < -0.39 is 0 Å². The van der Waals surface area contributed by atoms with E-state index in [0.29, 0.717) is 19.1 Å². The smallest absolute Gasteiger partial charge is 0.227 e. The van der Waals surface area contributed by atoms with Crippen LogP contribution in [-0.4, -0.2) is 45.3 Å². The van der Waals surface area contributed by atoms with Crippen molar-refractivity contribution in [2.75, 3.05) is 19.7 Å². The fourth-order valence-corrected chi connectivity index (χ4v) is 3.71. The summed E-state index contributed by atoms with van der Waals surface area (Å²) in [4.78, 5) is 19.2. The van der Waals surface area contributed by atoms with Crippen LogP contribution in [-0.2, 0) is 11.3 Å². The van der Waals surface area contributed by atoms with Gasteiger partial charge in [0.05, 0.1) is 19.1 Å². The van der Waals surface area contributed by atoms with Crippen LogP contribution in [0.1, 0.15) is 37.0 Å². The Kier molecular flexibility index (Phi) is 6.14. The van der Waals surface area contributed by atoms with Crippen LogP contribution in [0.3, 0.4) is 0 Å². The van der Waals surface area contributed by atoms with Gasteiger partial charge in [-0.3, -0.25) is 4.79 Å². The van der Waals surface area contributed by atoms with Gasteiger partial charge in [0.2, 0.25) is 5.91 Å². The van der Waals surface area contributed by atoms with Crippen LogP contribution in [0.25, 0.3) is 0 Å². The number of amides is 1. The van der Waals surface area contributed by atoms with Crippen LogP contribution in [0.15, 0.2) is 24.3 Å². The molecule has 27 heavy (non-hydrogen) atoms. The van der Waals surface area contributed by atoms with Crippen molar-refractivity contribution in [3.63, 3.8) is 0 Å². The molecule has 2 aromatic rings. The van der Waals surface area contributed by atoms with Crippen molar-refractivity contribution >= 4 is 5.91 Å². The Hall–Kier alpha value is -2.37. The van der Waals surface area contributed by atoms with E-state index in [1.807, 2.05) is 48.6 Å². The molecular weight excluding hydrogens is 340 g/mol. The molecule has 6 heteroatoms. The van der Waals surface area contributed by atoms with Crippen LogP contribution in [0.5, 0.6) is 5.75 Å². The van der Waals surface area contributed by atoms with E-state index in [1.54, 1.807) is 0 Å². The van der Waals surface area contributed by atoms with Gasteiger partial charge in [0.1, 0.15) is 17.4 Å². The largest absolute Gasteiger partial charge is 0.493 e. The van der Waals surface area contributed by atoms with Crippen molar-refractivity contribution in [3.8, 4) is 5.75 Å². The van der Waals surface area contributed by atoms with Gasteiger partial charge in [0.15, 0.2) is 0 Å². The van der Waals surface area contributed by atoms with Gasteiger partial charge in [0, 0.05) is 19.0 Å². The van der Waals surface area contributed by atoms with Gasteiger partial charge < -0.3 is 9.64 Å². The lowest BCUT2D eigenvalue weighted by molar-refractivity contribution is -0.137. The Balaban J connectivity index is 1.54. The normalized spacial score (nSPS) is 18.4. The summed E-state index contributed by atoms with van der Waals surface area (Å²) in [5.41, 5.74) is 1.15. The molecule has 6 nitrogen and oxygen atoms in total. The number of likely N-dealkylation sites (tertiary alicyclic amines) is 1. The number of hydrogen-bond donors (Lipinski definition) is 0. The Bertz CT molecular complexity index is 786. The first kappa shape index (κ1) is 19.4. The first-order valence-electron chi connectivity index (χ1n) is 9.79. The van der Waals surface area contributed by atoms with E-state index >= 15 is 0 Å². The Labute approximate surface area is 161 Å². The molecule has 1 aromatic heterocycles. The zero-order chi connectivity index (χ0) is 19.4. The SMILES string of the molecule is Cc1nc(C)n(C[C@@H](C)C(=O)N2CCC[C@H](COc3ccccc3C)C2)n1. The van der Waals surface area contributed by atoms with Crippen LogP contribution < -0.4 is 4.74 Å². The fourth-order valence-electron chi connectivity index (χ4n) is 3.71. The fraction of sp³-hybridized carbons (Fsp3) is 0.571. The summed E-state index contributed by atoms with van der Waals surface area (Å²) < 4.78 is 7.85. The van der Waals surface area contributed by atoms with Gasteiger partial charge in [-0.1, -0.05) is 25.1 Å². The third-order valence-corrected chi connectivity index (χ3v) is 5.23. The number of nitrogens with zero attached hydrogens (tertiary/aromatic N) is 4. The van der Waals surface area contributed by atoms with Crippen LogP contribution in [0, 0.1) is 32.6 Å². The molecule has 0 bridgehead atoms. The van der Waals surface area contributed by atoms with Gasteiger partial charge in [0.25, 0.3) is 0 Å². The maximum atomic E-state index is 12.9. The zero-order valence-corrected chi connectivity index (χ0v) is 16.8. The number of para-hydroxylation sites is 1. The summed E-state index contributed by atoms with van der Waals surface area (Å²) in [6, 6.07) is 8.07. The van der Waals surface area contributed by atoms with Crippen molar-refractivity contribution in [2.45, 2.75) is 47.1 Å². The van der Waals surface area contributed by atoms with Gasteiger partial charge in [-0.05, 0) is 45.2 Å². The first-order chi connectivity index (χ1) is 12.9. The highest BCUT2D eigenvalue weighted by Crippen LogP contribution is 2.22. The minimum absolute atomic E-state index is 0.110. The molecule has 146 valence electrons. The summed E-state index contributed by atoms with van der Waals surface area (Å²) in [5, 5.41) is 4.38. The molecule has 3 rings (SSSR count). The van der Waals surface area contributed by atoms with E-state index in [2.05, 4.69) is 23.1 Å². The molecular formula is C21H30N4O2. The minimum atomic E-state index is -0.110. The maximum absolute atomic E-state index is 12.9. The summed E-state index contributed by atoms with van der Waals surface area (Å²) >= 11 is 0. The summed E-state index contributed by atoms with van der Waals surface area (Å²) in [5.74, 6) is 3.01. The van der Waals surface area contributed by atoms with Gasteiger partial charge >= 0.3 is 0 Å². The van der Waals surface area contributed by atoms with Crippen molar-refractivity contribution in [2.24, 2.45) is 11.8 Å². The van der Waals surface area contributed by atoms with E-state index in [0.717, 1.165) is 48.9 Å². The highest BCUT2D eigenvalue weighted by atomic mass is 16.5. The second kappa shape index (κ2) is 8.55. The molecule has 0 aliphatic carbocycles. The molecule has 2 heterocycles. The summed E-state index contributed by atoms with van der Waals surface area (Å²) in [6.45, 7) is 10.7. The average Bonchev–Trinajstić information content (AvgIpc) is 2.97. The van der Waals surface area contributed by atoms with E-state index in [9.17, 15) is 4.79 Å². The quantitative estimate of drug-likeness (QED) is 0.784. The second-order valence-corrected chi connectivity index (χ2v) is 7.66. The van der Waals surface area contributed by atoms with Gasteiger partial charge in [-0.2, -0.15) is 5.10 Å². The number of carbonyl (C=O) groups is 1. The maximum Gasteiger partial charge on any atom is 0.227 e. The molecule has 1 saturated heterocycles. The molecule has 0 unspecified atom stereocenters. The third-order valence-electron chi connectivity index (χ3n) is 5.23. The predicted molar refractivity (Wildman–Crippen MR) is 105 cm³/mol. The van der Waals surface area contributed by atoms with Crippen molar-refractivity contribution in [3.05, 3.63) is 41.5 Å². The minimum Gasteiger partial charge on any atom is -0.493 e.